The summed E-state index contributed by atoms with van der Waals surface area (Å²) < 4.78 is 0. The van der Waals surface area contributed by atoms with Crippen molar-refractivity contribution in [2.45, 2.75) is 31.2 Å². The lowest BCUT2D eigenvalue weighted by Crippen LogP contribution is -2.59. The third-order valence-corrected chi connectivity index (χ3v) is 4.10. The van der Waals surface area contributed by atoms with Gasteiger partial charge in [-0.1, -0.05) is 29.3 Å². The van der Waals surface area contributed by atoms with E-state index in [0.717, 1.165) is 6.42 Å². The number of rotatable bonds is 4. The molecule has 1 amide bonds. The summed E-state index contributed by atoms with van der Waals surface area (Å²) in [7, 11) is 0. The van der Waals surface area contributed by atoms with E-state index in [9.17, 15) is 9.59 Å². The van der Waals surface area contributed by atoms with Gasteiger partial charge in [0.2, 0.25) is 5.91 Å². The first-order valence-corrected chi connectivity index (χ1v) is 6.67. The summed E-state index contributed by atoms with van der Waals surface area (Å²) in [5, 5.41) is 12.5. The first-order chi connectivity index (χ1) is 8.94. The number of carbonyl (C=O) groups is 2. The molecule has 1 aromatic rings. The number of hydrogen-bond donors (Lipinski definition) is 2. The Balaban J connectivity index is 2.08. The lowest BCUT2D eigenvalue weighted by Gasteiger charge is -2.38. The van der Waals surface area contributed by atoms with E-state index >= 15 is 0 Å². The van der Waals surface area contributed by atoms with Gasteiger partial charge in [-0.15, -0.1) is 0 Å². The average molecular weight is 302 g/mol. The molecule has 0 heterocycles. The predicted molar refractivity (Wildman–Crippen MR) is 72.5 cm³/mol. The van der Waals surface area contributed by atoms with Crippen molar-refractivity contribution in [3.8, 4) is 0 Å². The predicted octanol–water partition coefficient (Wildman–Crippen LogP) is 2.66. The van der Waals surface area contributed by atoms with Crippen molar-refractivity contribution >= 4 is 35.1 Å². The highest BCUT2D eigenvalue weighted by Gasteiger charge is 2.45. The van der Waals surface area contributed by atoms with Crippen molar-refractivity contribution in [3.05, 3.63) is 33.8 Å². The van der Waals surface area contributed by atoms with Crippen LogP contribution >= 0.6 is 23.2 Å². The Morgan fingerprint density at radius 2 is 1.84 bits per heavy atom. The summed E-state index contributed by atoms with van der Waals surface area (Å²) in [4.78, 5) is 23.1. The third kappa shape index (κ3) is 2.85. The van der Waals surface area contributed by atoms with E-state index in [4.69, 9.17) is 28.3 Å². The highest BCUT2D eigenvalue weighted by Crippen LogP contribution is 2.32. The second-order valence-corrected chi connectivity index (χ2v) is 5.48. The van der Waals surface area contributed by atoms with Gasteiger partial charge >= 0.3 is 5.97 Å². The van der Waals surface area contributed by atoms with Crippen LogP contribution in [0.1, 0.15) is 24.8 Å². The normalized spacial score (nSPS) is 16.5. The zero-order valence-electron chi connectivity index (χ0n) is 10.1. The maximum Gasteiger partial charge on any atom is 0.329 e. The molecule has 1 aliphatic carbocycles. The molecule has 0 unspecified atom stereocenters. The van der Waals surface area contributed by atoms with E-state index < -0.39 is 11.5 Å². The highest BCUT2D eigenvalue weighted by atomic mass is 35.5. The largest absolute Gasteiger partial charge is 0.480 e. The Kier molecular flexibility index (Phi) is 4.02. The summed E-state index contributed by atoms with van der Waals surface area (Å²) in [6.07, 6.45) is 1.71. The first kappa shape index (κ1) is 14.2. The molecule has 102 valence electrons. The fourth-order valence-corrected chi connectivity index (χ4v) is 2.63. The zero-order valence-corrected chi connectivity index (χ0v) is 11.6. The lowest BCUT2D eigenvalue weighted by molar-refractivity contribution is -0.151. The molecular formula is C13H13Cl2NO3. The molecule has 0 spiro atoms. The number of nitrogens with one attached hydrogen (secondary N) is 1. The van der Waals surface area contributed by atoms with Gasteiger partial charge in [0.15, 0.2) is 0 Å². The van der Waals surface area contributed by atoms with Gasteiger partial charge in [-0.2, -0.15) is 0 Å². The molecule has 1 fully saturated rings. The molecule has 1 aliphatic rings. The van der Waals surface area contributed by atoms with E-state index in [2.05, 4.69) is 5.32 Å². The zero-order chi connectivity index (χ0) is 14.0. The fraction of sp³-hybridized carbons (Fsp3) is 0.385. The summed E-state index contributed by atoms with van der Waals surface area (Å²) >= 11 is 11.9. The maximum atomic E-state index is 11.9. The van der Waals surface area contributed by atoms with Crippen molar-refractivity contribution in [2.75, 3.05) is 0 Å². The SMILES string of the molecule is O=C(Cc1c(Cl)cccc1Cl)NC1(C(=O)O)CCC1. The van der Waals surface area contributed by atoms with Gasteiger partial charge in [-0.05, 0) is 37.0 Å². The molecule has 0 bridgehead atoms. The summed E-state index contributed by atoms with van der Waals surface area (Å²) in [6, 6.07) is 4.98. The van der Waals surface area contributed by atoms with Crippen LogP contribution in [0.5, 0.6) is 0 Å². The van der Waals surface area contributed by atoms with Crippen molar-refractivity contribution in [2.24, 2.45) is 0 Å². The molecular weight excluding hydrogens is 289 g/mol. The molecule has 6 heteroatoms. The molecule has 0 saturated heterocycles. The average Bonchev–Trinajstić information content (AvgIpc) is 2.28. The summed E-state index contributed by atoms with van der Waals surface area (Å²) in [5.41, 5.74) is -0.589. The van der Waals surface area contributed by atoms with Crippen LogP contribution in [0.3, 0.4) is 0 Å². The maximum absolute atomic E-state index is 11.9. The minimum atomic E-state index is -1.11. The smallest absolute Gasteiger partial charge is 0.329 e. The van der Waals surface area contributed by atoms with E-state index in [1.165, 1.54) is 0 Å². The van der Waals surface area contributed by atoms with Crippen molar-refractivity contribution in [1.29, 1.82) is 0 Å². The fourth-order valence-electron chi connectivity index (χ4n) is 2.10. The van der Waals surface area contributed by atoms with Gasteiger partial charge < -0.3 is 10.4 Å². The van der Waals surface area contributed by atoms with Gasteiger partial charge in [0.05, 0.1) is 6.42 Å². The number of carboxylic acid groups (broad SMARTS) is 1. The van der Waals surface area contributed by atoms with Crippen LogP contribution in [-0.2, 0) is 16.0 Å². The molecule has 1 aromatic carbocycles. The number of carboxylic acids is 1. The monoisotopic (exact) mass is 301 g/mol. The Morgan fingerprint density at radius 1 is 1.26 bits per heavy atom. The van der Waals surface area contributed by atoms with Crippen LogP contribution < -0.4 is 5.32 Å². The molecule has 1 saturated carbocycles. The number of amides is 1. The van der Waals surface area contributed by atoms with Gasteiger partial charge in [0, 0.05) is 10.0 Å². The third-order valence-electron chi connectivity index (χ3n) is 3.39. The van der Waals surface area contributed by atoms with Crippen LogP contribution in [0.25, 0.3) is 0 Å². The summed E-state index contributed by atoms with van der Waals surface area (Å²) in [6.45, 7) is 0. The van der Waals surface area contributed by atoms with Gasteiger partial charge in [0.25, 0.3) is 0 Å². The molecule has 0 atom stereocenters. The topological polar surface area (TPSA) is 66.4 Å². The molecule has 4 nitrogen and oxygen atoms in total. The van der Waals surface area contributed by atoms with Crippen LogP contribution in [0, 0.1) is 0 Å². The number of aliphatic carboxylic acids is 1. The standard InChI is InChI=1S/C13H13Cl2NO3/c14-9-3-1-4-10(15)8(9)7-11(17)16-13(12(18)19)5-2-6-13/h1,3-4H,2,5-7H2,(H,16,17)(H,18,19). The second-order valence-electron chi connectivity index (χ2n) is 4.67. The van der Waals surface area contributed by atoms with Gasteiger partial charge in [-0.3, -0.25) is 4.79 Å². The van der Waals surface area contributed by atoms with Crippen LogP contribution in [0.4, 0.5) is 0 Å². The Hall–Kier alpha value is -1.26. The number of halogens is 2. The van der Waals surface area contributed by atoms with E-state index in [-0.39, 0.29) is 12.3 Å². The minimum absolute atomic E-state index is 0.0203. The Bertz CT molecular complexity index is 506. The van der Waals surface area contributed by atoms with Gasteiger partial charge in [0.1, 0.15) is 5.54 Å². The number of hydrogen-bond acceptors (Lipinski definition) is 2. The van der Waals surface area contributed by atoms with Crippen LogP contribution in [-0.4, -0.2) is 22.5 Å². The molecule has 0 aliphatic heterocycles. The van der Waals surface area contributed by atoms with Crippen molar-refractivity contribution in [3.63, 3.8) is 0 Å². The van der Waals surface area contributed by atoms with E-state index in [1.807, 2.05) is 0 Å². The van der Waals surface area contributed by atoms with Crippen LogP contribution in [0.2, 0.25) is 10.0 Å². The highest BCUT2D eigenvalue weighted by molar-refractivity contribution is 6.36. The minimum Gasteiger partial charge on any atom is -0.480 e. The van der Waals surface area contributed by atoms with Crippen LogP contribution in [0.15, 0.2) is 18.2 Å². The van der Waals surface area contributed by atoms with E-state index in [1.54, 1.807) is 18.2 Å². The van der Waals surface area contributed by atoms with Crippen molar-refractivity contribution in [1.82, 2.24) is 5.32 Å². The molecule has 2 rings (SSSR count). The lowest BCUT2D eigenvalue weighted by atomic mass is 9.76. The van der Waals surface area contributed by atoms with Gasteiger partial charge in [-0.25, -0.2) is 4.79 Å². The first-order valence-electron chi connectivity index (χ1n) is 5.92. The molecule has 0 aromatic heterocycles. The molecule has 19 heavy (non-hydrogen) atoms. The summed E-state index contributed by atoms with van der Waals surface area (Å²) in [5.74, 6) is -1.37. The second kappa shape index (κ2) is 5.39. The van der Waals surface area contributed by atoms with E-state index in [0.29, 0.717) is 28.5 Å². The number of carbonyl (C=O) groups excluding carboxylic acids is 1. The molecule has 0 radical (unpaired) electrons. The Morgan fingerprint density at radius 3 is 2.26 bits per heavy atom. The quantitative estimate of drug-likeness (QED) is 0.898. The number of benzene rings is 1. The Labute approximate surface area is 120 Å². The van der Waals surface area contributed by atoms with Crippen molar-refractivity contribution < 1.29 is 14.7 Å². The molecule has 2 N–H and O–H groups in total.